The van der Waals surface area contributed by atoms with Gasteiger partial charge in [0.25, 0.3) is 0 Å². The molecule has 1 aliphatic carbocycles. The molecule has 0 bridgehead atoms. The van der Waals surface area contributed by atoms with Crippen LogP contribution < -0.4 is 5.32 Å². The van der Waals surface area contributed by atoms with Crippen molar-refractivity contribution in [1.82, 2.24) is 5.32 Å². The molecule has 0 spiro atoms. The Labute approximate surface area is 80.9 Å². The van der Waals surface area contributed by atoms with Gasteiger partial charge in [-0.2, -0.15) is 0 Å². The number of Topliss-reactive ketones (excluding diaryl/α,β-unsaturated/α-hetero) is 1. The molecule has 1 unspecified atom stereocenters. The predicted molar refractivity (Wildman–Crippen MR) is 46.0 cm³/mol. The number of carbonyl (C=O) groups is 2. The fourth-order valence-corrected chi connectivity index (χ4v) is 1.53. The Hall–Kier alpha value is -1.00. The first-order valence-corrected chi connectivity index (χ1v) is 4.56. The van der Waals surface area contributed by atoms with E-state index in [2.05, 4.69) is 5.32 Å². The van der Waals surface area contributed by atoms with Gasteiger partial charge < -0.3 is 5.32 Å². The van der Waals surface area contributed by atoms with E-state index in [4.69, 9.17) is 0 Å². The van der Waals surface area contributed by atoms with Crippen molar-refractivity contribution in [2.24, 2.45) is 5.92 Å². The van der Waals surface area contributed by atoms with Crippen molar-refractivity contribution in [2.45, 2.75) is 32.1 Å². The molecule has 1 amide bonds. The Morgan fingerprint density at radius 3 is 2.57 bits per heavy atom. The minimum Gasteiger partial charge on any atom is -0.349 e. The van der Waals surface area contributed by atoms with Crippen LogP contribution in [0.4, 0.5) is 8.78 Å². The average Bonchev–Trinajstić information content (AvgIpc) is 2.41. The maximum atomic E-state index is 12.7. The Bertz CT molecular complexity index is 253. The monoisotopic (exact) mass is 205 g/mol. The van der Waals surface area contributed by atoms with Gasteiger partial charge in [0.15, 0.2) is 0 Å². The van der Waals surface area contributed by atoms with Crippen LogP contribution in [0.3, 0.4) is 0 Å². The summed E-state index contributed by atoms with van der Waals surface area (Å²) < 4.78 is 25.4. The van der Waals surface area contributed by atoms with Gasteiger partial charge in [0.05, 0.1) is 6.54 Å². The van der Waals surface area contributed by atoms with E-state index >= 15 is 0 Å². The second-order valence-electron chi connectivity index (χ2n) is 3.72. The number of ketones is 1. The number of hydrogen-bond donors (Lipinski definition) is 1. The van der Waals surface area contributed by atoms with E-state index in [1.807, 2.05) is 0 Å². The molecule has 5 heteroatoms. The number of nitrogens with one attached hydrogen (secondary N) is 1. The van der Waals surface area contributed by atoms with Crippen molar-refractivity contribution in [1.29, 1.82) is 0 Å². The molecule has 1 N–H and O–H groups in total. The molecule has 0 aromatic heterocycles. The lowest BCUT2D eigenvalue weighted by atomic mass is 10.1. The van der Waals surface area contributed by atoms with E-state index in [0.29, 0.717) is 0 Å². The van der Waals surface area contributed by atoms with Gasteiger partial charge in [-0.05, 0) is 13.3 Å². The molecule has 1 atom stereocenters. The van der Waals surface area contributed by atoms with Crippen LogP contribution in [0.1, 0.15) is 26.2 Å². The topological polar surface area (TPSA) is 46.2 Å². The predicted octanol–water partition coefficient (Wildman–Crippen LogP) is 1.13. The van der Waals surface area contributed by atoms with Crippen molar-refractivity contribution >= 4 is 11.7 Å². The second kappa shape index (κ2) is 4.02. The maximum absolute atomic E-state index is 12.7. The quantitative estimate of drug-likeness (QED) is 0.750. The molecule has 0 saturated heterocycles. The zero-order valence-corrected chi connectivity index (χ0v) is 7.98. The van der Waals surface area contributed by atoms with Crippen LogP contribution in [0.2, 0.25) is 0 Å². The molecule has 1 fully saturated rings. The van der Waals surface area contributed by atoms with Gasteiger partial charge in [0, 0.05) is 18.8 Å². The molecule has 0 aromatic carbocycles. The van der Waals surface area contributed by atoms with Crippen LogP contribution in [0.25, 0.3) is 0 Å². The van der Waals surface area contributed by atoms with Gasteiger partial charge in [-0.3, -0.25) is 9.59 Å². The third kappa shape index (κ3) is 3.05. The van der Waals surface area contributed by atoms with Gasteiger partial charge in [0.1, 0.15) is 5.78 Å². The number of halogens is 2. The van der Waals surface area contributed by atoms with Crippen LogP contribution in [-0.4, -0.2) is 24.2 Å². The summed E-state index contributed by atoms with van der Waals surface area (Å²) in [5.41, 5.74) is 0. The summed E-state index contributed by atoms with van der Waals surface area (Å²) in [4.78, 5) is 21.8. The number of rotatable bonds is 3. The highest BCUT2D eigenvalue weighted by atomic mass is 19.3. The minimum absolute atomic E-state index is 0.0685. The third-order valence-corrected chi connectivity index (χ3v) is 2.29. The van der Waals surface area contributed by atoms with E-state index in [-0.39, 0.29) is 25.2 Å². The largest absolute Gasteiger partial charge is 0.349 e. The van der Waals surface area contributed by atoms with Crippen LogP contribution >= 0.6 is 0 Å². The molecule has 0 aromatic rings. The van der Waals surface area contributed by atoms with E-state index in [9.17, 15) is 18.4 Å². The zero-order chi connectivity index (χ0) is 10.8. The summed E-state index contributed by atoms with van der Waals surface area (Å²) in [5.74, 6) is -3.96. The van der Waals surface area contributed by atoms with E-state index in [0.717, 1.165) is 0 Å². The molecule has 1 rings (SSSR count). The highest BCUT2D eigenvalue weighted by Crippen LogP contribution is 2.38. The standard InChI is InChI=1S/C9H13F2NO2/c1-6(13)5-12-8(14)7-2-3-9(10,11)4-7/h7H,2-5H2,1H3,(H,12,14). The van der Waals surface area contributed by atoms with Gasteiger partial charge in [-0.15, -0.1) is 0 Å². The molecular formula is C9H13F2NO2. The molecule has 1 saturated carbocycles. The Kier molecular flexibility index (Phi) is 3.18. The minimum atomic E-state index is -2.71. The fraction of sp³-hybridized carbons (Fsp3) is 0.778. The van der Waals surface area contributed by atoms with E-state index in [1.54, 1.807) is 0 Å². The van der Waals surface area contributed by atoms with Gasteiger partial charge >= 0.3 is 0 Å². The Morgan fingerprint density at radius 1 is 1.50 bits per heavy atom. The smallest absolute Gasteiger partial charge is 0.248 e. The third-order valence-electron chi connectivity index (χ3n) is 2.29. The van der Waals surface area contributed by atoms with Crippen molar-refractivity contribution in [3.05, 3.63) is 0 Å². The molecule has 1 aliphatic rings. The summed E-state index contributed by atoms with van der Waals surface area (Å²) >= 11 is 0. The SMILES string of the molecule is CC(=O)CNC(=O)C1CCC(F)(F)C1. The normalized spacial score (nSPS) is 24.6. The number of amides is 1. The average molecular weight is 205 g/mol. The molecule has 0 aliphatic heterocycles. The molecule has 14 heavy (non-hydrogen) atoms. The Morgan fingerprint density at radius 2 is 2.14 bits per heavy atom. The number of alkyl halides is 2. The summed E-state index contributed by atoms with van der Waals surface area (Å²) in [6.07, 6.45) is -0.418. The lowest BCUT2D eigenvalue weighted by molar-refractivity contribution is -0.128. The zero-order valence-electron chi connectivity index (χ0n) is 7.98. The number of hydrogen-bond acceptors (Lipinski definition) is 2. The van der Waals surface area contributed by atoms with Crippen molar-refractivity contribution < 1.29 is 18.4 Å². The Balaban J connectivity index is 2.36. The molecule has 0 heterocycles. The maximum Gasteiger partial charge on any atom is 0.248 e. The first kappa shape index (κ1) is 11.1. The van der Waals surface area contributed by atoms with Gasteiger partial charge in [0.2, 0.25) is 11.8 Å². The van der Waals surface area contributed by atoms with E-state index in [1.165, 1.54) is 6.92 Å². The summed E-state index contributed by atoms with van der Waals surface area (Å²) in [6, 6.07) is 0. The summed E-state index contributed by atoms with van der Waals surface area (Å²) in [6.45, 7) is 1.27. The first-order chi connectivity index (χ1) is 6.41. The molecular weight excluding hydrogens is 192 g/mol. The first-order valence-electron chi connectivity index (χ1n) is 4.56. The van der Waals surface area contributed by atoms with Crippen molar-refractivity contribution in [3.63, 3.8) is 0 Å². The van der Waals surface area contributed by atoms with Gasteiger partial charge in [-0.1, -0.05) is 0 Å². The molecule has 0 radical (unpaired) electrons. The lowest BCUT2D eigenvalue weighted by Crippen LogP contribution is -2.33. The number of carbonyl (C=O) groups excluding carboxylic acids is 2. The van der Waals surface area contributed by atoms with E-state index < -0.39 is 24.2 Å². The summed E-state index contributed by atoms with van der Waals surface area (Å²) in [7, 11) is 0. The van der Waals surface area contributed by atoms with Crippen LogP contribution in [0.5, 0.6) is 0 Å². The highest BCUT2D eigenvalue weighted by molar-refractivity contribution is 5.85. The highest BCUT2D eigenvalue weighted by Gasteiger charge is 2.42. The van der Waals surface area contributed by atoms with Crippen molar-refractivity contribution in [3.8, 4) is 0 Å². The summed E-state index contributed by atoms with van der Waals surface area (Å²) in [5, 5.41) is 2.34. The second-order valence-corrected chi connectivity index (χ2v) is 3.72. The molecule has 80 valence electrons. The van der Waals surface area contributed by atoms with Crippen LogP contribution in [0, 0.1) is 5.92 Å². The van der Waals surface area contributed by atoms with Crippen molar-refractivity contribution in [2.75, 3.05) is 6.54 Å². The fourth-order valence-electron chi connectivity index (χ4n) is 1.53. The van der Waals surface area contributed by atoms with Crippen LogP contribution in [-0.2, 0) is 9.59 Å². The van der Waals surface area contributed by atoms with Gasteiger partial charge in [-0.25, -0.2) is 8.78 Å². The lowest BCUT2D eigenvalue weighted by Gasteiger charge is -2.10. The molecule has 3 nitrogen and oxygen atoms in total. The van der Waals surface area contributed by atoms with Crippen LogP contribution in [0.15, 0.2) is 0 Å².